The molecular weight excluding hydrogens is 228 g/mol. The molecule has 0 amide bonds. The number of aromatic nitrogens is 1. The Kier molecular flexibility index (Phi) is 4.09. The Bertz CT molecular complexity index is 439. The smallest absolute Gasteiger partial charge is 0.150 e. The Morgan fingerprint density at radius 2 is 2.19 bits per heavy atom. The summed E-state index contributed by atoms with van der Waals surface area (Å²) in [5.74, 6) is 0.900. The molecule has 0 aliphatic heterocycles. The summed E-state index contributed by atoms with van der Waals surface area (Å²) in [6, 6.07) is 1.81. The lowest BCUT2D eigenvalue weighted by Crippen LogP contribution is -2.34. The van der Waals surface area contributed by atoms with E-state index < -0.39 is 9.84 Å². The normalized spacial score (nSPS) is 14.3. The zero-order valence-corrected chi connectivity index (χ0v) is 10.9. The van der Waals surface area contributed by atoms with Crippen LogP contribution in [0.3, 0.4) is 0 Å². The van der Waals surface area contributed by atoms with Gasteiger partial charge < -0.3 is 4.52 Å². The third kappa shape index (κ3) is 4.32. The molecule has 0 saturated heterocycles. The van der Waals surface area contributed by atoms with Crippen LogP contribution in [0.5, 0.6) is 0 Å². The number of hydrogen-bond acceptors (Lipinski definition) is 5. The van der Waals surface area contributed by atoms with Crippen molar-refractivity contribution >= 4 is 9.84 Å². The summed E-state index contributed by atoms with van der Waals surface area (Å²) in [5, 5.41) is 3.78. The summed E-state index contributed by atoms with van der Waals surface area (Å²) in [6.07, 6.45) is 1.25. The molecule has 1 aromatic heterocycles. The first-order valence-corrected chi connectivity index (χ1v) is 7.14. The zero-order valence-electron chi connectivity index (χ0n) is 10.1. The van der Waals surface area contributed by atoms with Gasteiger partial charge in [-0.25, -0.2) is 8.42 Å². The van der Waals surface area contributed by atoms with Gasteiger partial charge in [-0.15, -0.1) is 0 Å². The van der Waals surface area contributed by atoms with E-state index in [1.54, 1.807) is 0 Å². The van der Waals surface area contributed by atoms with Crippen molar-refractivity contribution in [3.05, 3.63) is 17.5 Å². The van der Waals surface area contributed by atoms with Gasteiger partial charge in [-0.3, -0.25) is 4.90 Å². The zero-order chi connectivity index (χ0) is 12.3. The number of sulfone groups is 1. The van der Waals surface area contributed by atoms with Crippen molar-refractivity contribution in [1.82, 2.24) is 10.1 Å². The van der Waals surface area contributed by atoms with Crippen LogP contribution in [0, 0.1) is 6.92 Å². The molecule has 1 rings (SSSR count). The van der Waals surface area contributed by atoms with Crippen molar-refractivity contribution in [2.45, 2.75) is 26.4 Å². The standard InChI is InChI=1S/C10H18N2O3S/c1-8-5-10(15-11-8)6-12(3)9(2)7-16(4,13)14/h5,9H,6-7H2,1-4H3. The minimum absolute atomic E-state index is 0.0413. The van der Waals surface area contributed by atoms with Gasteiger partial charge in [-0.1, -0.05) is 5.16 Å². The molecule has 16 heavy (non-hydrogen) atoms. The molecule has 0 N–H and O–H groups in total. The highest BCUT2D eigenvalue weighted by molar-refractivity contribution is 7.90. The number of rotatable bonds is 5. The maximum absolute atomic E-state index is 11.1. The summed E-state index contributed by atoms with van der Waals surface area (Å²) in [6.45, 7) is 4.30. The van der Waals surface area contributed by atoms with Crippen molar-refractivity contribution in [2.75, 3.05) is 19.1 Å². The molecule has 0 radical (unpaired) electrons. The van der Waals surface area contributed by atoms with Crippen LogP contribution in [0.25, 0.3) is 0 Å². The molecular formula is C10H18N2O3S. The minimum atomic E-state index is -2.94. The van der Waals surface area contributed by atoms with Gasteiger partial charge in [0.25, 0.3) is 0 Å². The first kappa shape index (κ1) is 13.2. The Morgan fingerprint density at radius 1 is 1.56 bits per heavy atom. The van der Waals surface area contributed by atoms with E-state index in [0.717, 1.165) is 11.5 Å². The fourth-order valence-corrected chi connectivity index (χ4v) is 2.59. The van der Waals surface area contributed by atoms with E-state index in [-0.39, 0.29) is 11.8 Å². The van der Waals surface area contributed by atoms with E-state index in [1.165, 1.54) is 6.26 Å². The van der Waals surface area contributed by atoms with Crippen molar-refractivity contribution in [1.29, 1.82) is 0 Å². The Labute approximate surface area is 96.3 Å². The molecule has 0 spiro atoms. The van der Waals surface area contributed by atoms with Crippen LogP contribution < -0.4 is 0 Å². The second-order valence-electron chi connectivity index (χ2n) is 4.29. The maximum atomic E-state index is 11.1. The summed E-state index contributed by atoms with van der Waals surface area (Å²) in [4.78, 5) is 1.93. The molecule has 0 aliphatic carbocycles. The third-order valence-corrected chi connectivity index (χ3v) is 3.47. The Balaban J connectivity index is 2.55. The SMILES string of the molecule is Cc1cc(CN(C)C(C)CS(C)(=O)=O)on1. The van der Waals surface area contributed by atoms with Crippen LogP contribution >= 0.6 is 0 Å². The summed E-state index contributed by atoms with van der Waals surface area (Å²) in [7, 11) is -1.07. The first-order chi connectivity index (χ1) is 7.28. The molecule has 1 aromatic rings. The van der Waals surface area contributed by atoms with Crippen molar-refractivity contribution in [3.8, 4) is 0 Å². The monoisotopic (exact) mass is 246 g/mol. The molecule has 0 aromatic carbocycles. The van der Waals surface area contributed by atoms with Gasteiger partial charge in [0.15, 0.2) is 5.76 Å². The molecule has 0 fully saturated rings. The van der Waals surface area contributed by atoms with Crippen LogP contribution in [0.2, 0.25) is 0 Å². The van der Waals surface area contributed by atoms with Gasteiger partial charge in [0.05, 0.1) is 18.0 Å². The predicted molar refractivity (Wildman–Crippen MR) is 61.9 cm³/mol. The van der Waals surface area contributed by atoms with E-state index >= 15 is 0 Å². The number of nitrogens with zero attached hydrogens (tertiary/aromatic N) is 2. The Hall–Kier alpha value is -0.880. The van der Waals surface area contributed by atoms with Gasteiger partial charge in [-0.05, 0) is 20.9 Å². The van der Waals surface area contributed by atoms with Gasteiger partial charge in [0.1, 0.15) is 9.84 Å². The highest BCUT2D eigenvalue weighted by Gasteiger charge is 2.16. The van der Waals surface area contributed by atoms with E-state index in [0.29, 0.717) is 6.54 Å². The average molecular weight is 246 g/mol. The second-order valence-corrected chi connectivity index (χ2v) is 6.48. The predicted octanol–water partition coefficient (Wildman–Crippen LogP) is 0.848. The highest BCUT2D eigenvalue weighted by Crippen LogP contribution is 2.08. The van der Waals surface area contributed by atoms with E-state index in [1.807, 2.05) is 31.9 Å². The number of aryl methyl sites for hydroxylation is 1. The molecule has 1 unspecified atom stereocenters. The van der Waals surface area contributed by atoms with Crippen molar-refractivity contribution in [3.63, 3.8) is 0 Å². The lowest BCUT2D eigenvalue weighted by atomic mass is 10.3. The lowest BCUT2D eigenvalue weighted by Gasteiger charge is -2.22. The summed E-state index contributed by atoms with van der Waals surface area (Å²) < 4.78 is 27.4. The van der Waals surface area contributed by atoms with Gasteiger partial charge in [-0.2, -0.15) is 0 Å². The summed E-state index contributed by atoms with van der Waals surface area (Å²) in [5.41, 5.74) is 0.833. The van der Waals surface area contributed by atoms with Gasteiger partial charge >= 0.3 is 0 Å². The van der Waals surface area contributed by atoms with Crippen molar-refractivity contribution < 1.29 is 12.9 Å². The van der Waals surface area contributed by atoms with E-state index in [9.17, 15) is 8.42 Å². The molecule has 1 heterocycles. The lowest BCUT2D eigenvalue weighted by molar-refractivity contribution is 0.232. The highest BCUT2D eigenvalue weighted by atomic mass is 32.2. The molecule has 0 saturated carbocycles. The minimum Gasteiger partial charge on any atom is -0.360 e. The molecule has 1 atom stereocenters. The first-order valence-electron chi connectivity index (χ1n) is 5.08. The van der Waals surface area contributed by atoms with Gasteiger partial charge in [0.2, 0.25) is 0 Å². The fraction of sp³-hybridized carbons (Fsp3) is 0.700. The molecule has 0 aliphatic rings. The van der Waals surface area contributed by atoms with Gasteiger partial charge in [0, 0.05) is 18.4 Å². The molecule has 92 valence electrons. The van der Waals surface area contributed by atoms with Crippen molar-refractivity contribution in [2.24, 2.45) is 0 Å². The number of hydrogen-bond donors (Lipinski definition) is 0. The second kappa shape index (κ2) is 4.97. The molecule has 0 bridgehead atoms. The maximum Gasteiger partial charge on any atom is 0.150 e. The van der Waals surface area contributed by atoms with E-state index in [4.69, 9.17) is 4.52 Å². The van der Waals surface area contributed by atoms with E-state index in [2.05, 4.69) is 5.16 Å². The fourth-order valence-electron chi connectivity index (χ4n) is 1.46. The summed E-state index contributed by atoms with van der Waals surface area (Å²) >= 11 is 0. The largest absolute Gasteiger partial charge is 0.360 e. The van der Waals surface area contributed by atoms with Crippen LogP contribution in [-0.4, -0.2) is 43.6 Å². The van der Waals surface area contributed by atoms with Crippen LogP contribution in [0.4, 0.5) is 0 Å². The third-order valence-electron chi connectivity index (χ3n) is 2.38. The van der Waals surface area contributed by atoms with Crippen LogP contribution in [0.15, 0.2) is 10.6 Å². The topological polar surface area (TPSA) is 63.4 Å². The average Bonchev–Trinajstić information content (AvgIpc) is 2.48. The molecule has 6 heteroatoms. The Morgan fingerprint density at radius 3 is 2.62 bits per heavy atom. The van der Waals surface area contributed by atoms with Crippen LogP contribution in [-0.2, 0) is 16.4 Å². The quantitative estimate of drug-likeness (QED) is 0.770. The molecule has 5 nitrogen and oxygen atoms in total. The van der Waals surface area contributed by atoms with Crippen LogP contribution in [0.1, 0.15) is 18.4 Å².